The Hall–Kier alpha value is -4.20. The Bertz CT molecular complexity index is 1260. The first-order valence-electron chi connectivity index (χ1n) is 13.8. The van der Waals surface area contributed by atoms with E-state index in [4.69, 9.17) is 4.74 Å². The average Bonchev–Trinajstić information content (AvgIpc) is 3.43. The van der Waals surface area contributed by atoms with Gasteiger partial charge in [-0.1, -0.05) is 66.7 Å². The average molecular weight is 543 g/mol. The molecule has 2 aromatic carbocycles. The lowest BCUT2D eigenvalue weighted by molar-refractivity contribution is -0.140. The fourth-order valence-corrected chi connectivity index (χ4v) is 4.94. The Balaban J connectivity index is 1.52. The van der Waals surface area contributed by atoms with E-state index in [1.54, 1.807) is 31.9 Å². The van der Waals surface area contributed by atoms with Crippen LogP contribution in [0.1, 0.15) is 56.5 Å². The van der Waals surface area contributed by atoms with Crippen LogP contribution in [-0.4, -0.2) is 52.0 Å². The molecular formula is C32H38N4O4. The smallest absolute Gasteiger partial charge is 0.408 e. The summed E-state index contributed by atoms with van der Waals surface area (Å²) in [7, 11) is 0. The van der Waals surface area contributed by atoms with Gasteiger partial charge in [-0.2, -0.15) is 0 Å². The van der Waals surface area contributed by atoms with E-state index in [0.29, 0.717) is 25.8 Å². The lowest BCUT2D eigenvalue weighted by atomic mass is 10.0. The van der Waals surface area contributed by atoms with Gasteiger partial charge in [0, 0.05) is 31.3 Å². The summed E-state index contributed by atoms with van der Waals surface area (Å²) in [6.07, 6.45) is 3.13. The molecule has 1 fully saturated rings. The number of nitrogens with zero attached hydrogens (tertiary/aromatic N) is 2. The van der Waals surface area contributed by atoms with Gasteiger partial charge >= 0.3 is 6.09 Å². The van der Waals surface area contributed by atoms with Gasteiger partial charge in [0.1, 0.15) is 17.7 Å². The lowest BCUT2D eigenvalue weighted by Crippen LogP contribution is -2.55. The number of amides is 3. The summed E-state index contributed by atoms with van der Waals surface area (Å²) in [6, 6.07) is 23.2. The molecule has 0 saturated carbocycles. The van der Waals surface area contributed by atoms with Crippen LogP contribution < -0.4 is 10.6 Å². The van der Waals surface area contributed by atoms with Crippen LogP contribution in [0.5, 0.6) is 0 Å². The zero-order valence-corrected chi connectivity index (χ0v) is 23.4. The van der Waals surface area contributed by atoms with Crippen LogP contribution in [0, 0.1) is 0 Å². The monoisotopic (exact) mass is 542 g/mol. The molecule has 0 spiro atoms. The van der Waals surface area contributed by atoms with Gasteiger partial charge in [0.25, 0.3) is 0 Å². The molecule has 40 heavy (non-hydrogen) atoms. The number of carbonyl (C=O) groups is 3. The summed E-state index contributed by atoms with van der Waals surface area (Å²) in [5.41, 5.74) is 2.02. The van der Waals surface area contributed by atoms with Crippen LogP contribution in [0.25, 0.3) is 0 Å². The van der Waals surface area contributed by atoms with Gasteiger partial charge in [-0.05, 0) is 56.9 Å². The third-order valence-electron chi connectivity index (χ3n) is 6.77. The van der Waals surface area contributed by atoms with Crippen molar-refractivity contribution in [3.63, 3.8) is 0 Å². The van der Waals surface area contributed by atoms with Crippen molar-refractivity contribution >= 4 is 17.9 Å². The molecule has 1 aliphatic heterocycles. The summed E-state index contributed by atoms with van der Waals surface area (Å²) in [5, 5.41) is 5.95. The molecule has 0 radical (unpaired) electrons. The highest BCUT2D eigenvalue weighted by Crippen LogP contribution is 2.23. The van der Waals surface area contributed by atoms with E-state index < -0.39 is 23.8 Å². The van der Waals surface area contributed by atoms with E-state index in [9.17, 15) is 14.4 Å². The normalized spacial score (nSPS) is 16.6. The Morgan fingerprint density at radius 3 is 2.25 bits per heavy atom. The number of likely N-dealkylation sites (tertiary alicyclic amines) is 1. The number of benzene rings is 2. The van der Waals surface area contributed by atoms with Crippen LogP contribution in [0.2, 0.25) is 0 Å². The SMILES string of the molecule is CC(C)(C)OC(=O)N[C@@H](Cc1ccccc1)C(=O)N1CCCC1C(=O)N[C@@H](Cc1ccccn1)c1ccccc1. The van der Waals surface area contributed by atoms with E-state index in [1.807, 2.05) is 78.9 Å². The van der Waals surface area contributed by atoms with Crippen molar-refractivity contribution in [3.8, 4) is 0 Å². The van der Waals surface area contributed by atoms with Gasteiger partial charge in [0.05, 0.1) is 6.04 Å². The highest BCUT2D eigenvalue weighted by atomic mass is 16.6. The second-order valence-electron chi connectivity index (χ2n) is 11.1. The molecule has 1 saturated heterocycles. The van der Waals surface area contributed by atoms with Crippen LogP contribution in [0.4, 0.5) is 4.79 Å². The van der Waals surface area contributed by atoms with Crippen LogP contribution in [-0.2, 0) is 27.2 Å². The molecule has 0 bridgehead atoms. The lowest BCUT2D eigenvalue weighted by Gasteiger charge is -2.30. The minimum absolute atomic E-state index is 0.216. The number of carbonyl (C=O) groups excluding carboxylic acids is 3. The molecule has 1 aromatic heterocycles. The zero-order chi connectivity index (χ0) is 28.5. The number of nitrogens with one attached hydrogen (secondary N) is 2. The summed E-state index contributed by atoms with van der Waals surface area (Å²) in [4.78, 5) is 46.3. The molecule has 210 valence electrons. The summed E-state index contributed by atoms with van der Waals surface area (Å²) < 4.78 is 5.45. The molecule has 8 heteroatoms. The van der Waals surface area contributed by atoms with Crippen molar-refractivity contribution in [2.45, 2.75) is 70.2 Å². The third kappa shape index (κ3) is 8.15. The molecule has 2 N–H and O–H groups in total. The van der Waals surface area contributed by atoms with Crippen molar-refractivity contribution in [1.82, 2.24) is 20.5 Å². The fourth-order valence-electron chi connectivity index (χ4n) is 4.94. The Morgan fingerprint density at radius 1 is 0.925 bits per heavy atom. The molecule has 4 rings (SSSR count). The predicted molar refractivity (Wildman–Crippen MR) is 153 cm³/mol. The standard InChI is InChI=1S/C32H38N4O4/c1-32(2,3)40-31(39)35-27(21-23-13-6-4-7-14-23)30(38)36-20-12-18-28(36)29(37)34-26(24-15-8-5-9-16-24)22-25-17-10-11-19-33-25/h4-11,13-17,19,26-28H,12,18,20-22H2,1-3H3,(H,34,37)(H,35,39)/t26-,27-,28?/m0/s1. The van der Waals surface area contributed by atoms with E-state index in [2.05, 4.69) is 15.6 Å². The quantitative estimate of drug-likeness (QED) is 0.411. The number of aromatic nitrogens is 1. The maximum absolute atomic E-state index is 13.9. The molecule has 1 aliphatic rings. The number of ether oxygens (including phenoxy) is 1. The van der Waals surface area contributed by atoms with Gasteiger partial charge in [-0.15, -0.1) is 0 Å². The molecule has 3 amide bonds. The summed E-state index contributed by atoms with van der Waals surface area (Å²) in [5.74, 6) is -0.514. The van der Waals surface area contributed by atoms with Crippen molar-refractivity contribution in [3.05, 3.63) is 102 Å². The first-order valence-corrected chi connectivity index (χ1v) is 13.8. The highest BCUT2D eigenvalue weighted by molar-refractivity contribution is 5.92. The van der Waals surface area contributed by atoms with Crippen LogP contribution in [0.15, 0.2) is 85.1 Å². The maximum atomic E-state index is 13.9. The maximum Gasteiger partial charge on any atom is 0.408 e. The van der Waals surface area contributed by atoms with Gasteiger partial charge in [0.15, 0.2) is 0 Å². The van der Waals surface area contributed by atoms with Crippen molar-refractivity contribution in [2.24, 2.45) is 0 Å². The number of alkyl carbamates (subject to hydrolysis) is 1. The first-order chi connectivity index (χ1) is 19.2. The van der Waals surface area contributed by atoms with Crippen molar-refractivity contribution in [2.75, 3.05) is 6.54 Å². The molecule has 0 aliphatic carbocycles. The molecule has 3 atom stereocenters. The van der Waals surface area contributed by atoms with Crippen LogP contribution >= 0.6 is 0 Å². The summed E-state index contributed by atoms with van der Waals surface area (Å²) >= 11 is 0. The molecule has 2 heterocycles. The number of hydrogen-bond donors (Lipinski definition) is 2. The van der Waals surface area contributed by atoms with Gasteiger partial charge in [-0.3, -0.25) is 14.6 Å². The van der Waals surface area contributed by atoms with Gasteiger partial charge in [-0.25, -0.2) is 4.79 Å². The number of pyridine rings is 1. The van der Waals surface area contributed by atoms with E-state index in [-0.39, 0.29) is 24.3 Å². The van der Waals surface area contributed by atoms with E-state index in [0.717, 1.165) is 16.8 Å². The molecule has 1 unspecified atom stereocenters. The first kappa shape index (κ1) is 28.8. The Morgan fingerprint density at radius 2 is 1.60 bits per heavy atom. The molecular weight excluding hydrogens is 504 g/mol. The van der Waals surface area contributed by atoms with Crippen molar-refractivity contribution in [1.29, 1.82) is 0 Å². The summed E-state index contributed by atoms with van der Waals surface area (Å²) in [6.45, 7) is 5.76. The fraction of sp³-hybridized carbons (Fsp3) is 0.375. The van der Waals surface area contributed by atoms with Crippen LogP contribution in [0.3, 0.4) is 0 Å². The van der Waals surface area contributed by atoms with Crippen molar-refractivity contribution < 1.29 is 19.1 Å². The van der Waals surface area contributed by atoms with E-state index >= 15 is 0 Å². The highest BCUT2D eigenvalue weighted by Gasteiger charge is 2.39. The Labute approximate surface area is 236 Å². The van der Waals surface area contributed by atoms with Gasteiger partial charge < -0.3 is 20.3 Å². The molecule has 8 nitrogen and oxygen atoms in total. The minimum atomic E-state index is -0.871. The van der Waals surface area contributed by atoms with E-state index in [1.165, 1.54) is 0 Å². The second kappa shape index (κ2) is 13.2. The second-order valence-corrected chi connectivity index (χ2v) is 11.1. The largest absolute Gasteiger partial charge is 0.444 e. The molecule has 3 aromatic rings. The third-order valence-corrected chi connectivity index (χ3v) is 6.77. The Kier molecular flexibility index (Phi) is 9.53. The van der Waals surface area contributed by atoms with Gasteiger partial charge in [0.2, 0.25) is 11.8 Å². The number of rotatable bonds is 9. The topological polar surface area (TPSA) is 101 Å². The zero-order valence-electron chi connectivity index (χ0n) is 23.4. The predicted octanol–water partition coefficient (Wildman–Crippen LogP) is 4.61. The number of hydrogen-bond acceptors (Lipinski definition) is 5. The minimum Gasteiger partial charge on any atom is -0.444 e.